The SMILES string of the molecule is COP(=O)(O)O[C@H]1O[C@@H]([n+]2cccc(C(=O)OCc3ccccc3)c2)[C@H](O)[C@@H]1O. The number of esters is 1. The molecule has 3 N–H and O–H groups in total. The largest absolute Gasteiger partial charge is 0.474 e. The van der Waals surface area contributed by atoms with Crippen LogP contribution in [-0.2, 0) is 29.7 Å². The molecule has 2 aromatic rings. The van der Waals surface area contributed by atoms with Crippen molar-refractivity contribution in [1.29, 1.82) is 0 Å². The maximum Gasteiger partial charge on any atom is 0.474 e. The van der Waals surface area contributed by atoms with E-state index in [2.05, 4.69) is 4.52 Å². The van der Waals surface area contributed by atoms with E-state index in [4.69, 9.17) is 14.0 Å². The molecule has 2 heterocycles. The molecule has 0 aliphatic carbocycles. The summed E-state index contributed by atoms with van der Waals surface area (Å²) >= 11 is 0. The average Bonchev–Trinajstić information content (AvgIpc) is 3.01. The van der Waals surface area contributed by atoms with Gasteiger partial charge in [-0.15, -0.1) is 0 Å². The lowest BCUT2D eigenvalue weighted by Gasteiger charge is -2.16. The van der Waals surface area contributed by atoms with Gasteiger partial charge in [-0.1, -0.05) is 30.3 Å². The molecule has 1 aromatic heterocycles. The molecule has 1 fully saturated rings. The number of benzene rings is 1. The topological polar surface area (TPSA) is 136 Å². The van der Waals surface area contributed by atoms with Crippen molar-refractivity contribution < 1.29 is 47.6 Å². The minimum Gasteiger partial charge on any atom is -0.457 e. The van der Waals surface area contributed by atoms with Crippen molar-refractivity contribution in [3.05, 3.63) is 66.0 Å². The lowest BCUT2D eigenvalue weighted by Crippen LogP contribution is -2.46. The van der Waals surface area contributed by atoms with E-state index in [9.17, 15) is 24.5 Å². The van der Waals surface area contributed by atoms with Gasteiger partial charge in [-0.2, -0.15) is 4.57 Å². The zero-order chi connectivity index (χ0) is 21.0. The van der Waals surface area contributed by atoms with Crippen molar-refractivity contribution in [1.82, 2.24) is 0 Å². The Morgan fingerprint density at radius 3 is 2.59 bits per heavy atom. The number of nitrogens with zero attached hydrogens (tertiary/aromatic N) is 1. The molecule has 0 saturated carbocycles. The minimum atomic E-state index is -4.45. The first-order valence-corrected chi connectivity index (χ1v) is 10.1. The number of aliphatic hydroxyl groups is 2. The predicted molar refractivity (Wildman–Crippen MR) is 96.0 cm³/mol. The number of ether oxygens (including phenoxy) is 2. The van der Waals surface area contributed by atoms with Crippen LogP contribution in [0.4, 0.5) is 0 Å². The highest BCUT2D eigenvalue weighted by Crippen LogP contribution is 2.46. The van der Waals surface area contributed by atoms with E-state index in [1.54, 1.807) is 0 Å². The molecule has 1 aliphatic heterocycles. The van der Waals surface area contributed by atoms with E-state index >= 15 is 0 Å². The summed E-state index contributed by atoms with van der Waals surface area (Å²) < 4.78 is 32.5. The summed E-state index contributed by atoms with van der Waals surface area (Å²) in [7, 11) is -3.49. The number of carbonyl (C=O) groups is 1. The summed E-state index contributed by atoms with van der Waals surface area (Å²) in [5.41, 5.74) is 1.01. The first-order valence-electron chi connectivity index (χ1n) is 8.61. The molecule has 1 aromatic carbocycles. The number of aliphatic hydroxyl groups excluding tert-OH is 2. The molecule has 10 nitrogen and oxygen atoms in total. The highest BCUT2D eigenvalue weighted by molar-refractivity contribution is 7.47. The highest BCUT2D eigenvalue weighted by atomic mass is 31.2. The maximum absolute atomic E-state index is 12.3. The van der Waals surface area contributed by atoms with Crippen molar-refractivity contribution in [3.8, 4) is 0 Å². The fourth-order valence-electron chi connectivity index (χ4n) is 2.71. The lowest BCUT2D eigenvalue weighted by atomic mass is 10.2. The first kappa shape index (κ1) is 21.5. The number of phosphoric ester groups is 1. The Morgan fingerprint density at radius 2 is 1.90 bits per heavy atom. The molecule has 1 unspecified atom stereocenters. The van der Waals surface area contributed by atoms with Gasteiger partial charge in [0.05, 0.1) is 0 Å². The van der Waals surface area contributed by atoms with Crippen molar-refractivity contribution in [2.24, 2.45) is 0 Å². The summed E-state index contributed by atoms with van der Waals surface area (Å²) in [5.74, 6) is -0.594. The fraction of sp³-hybridized carbons (Fsp3) is 0.333. The van der Waals surface area contributed by atoms with Gasteiger partial charge in [0, 0.05) is 13.2 Å². The monoisotopic (exact) mass is 426 g/mol. The molecule has 29 heavy (non-hydrogen) atoms. The number of hydrogen-bond donors (Lipinski definition) is 3. The second-order valence-corrected chi connectivity index (χ2v) is 7.75. The first-order chi connectivity index (χ1) is 13.8. The van der Waals surface area contributed by atoms with Gasteiger partial charge in [0.1, 0.15) is 18.3 Å². The number of phosphoric acid groups is 1. The standard InChI is InChI=1S/C18H20NO9P/c1-25-29(23,24)28-18-15(21)14(20)16(27-18)19-9-5-8-13(10-19)17(22)26-11-12-6-3-2-4-7-12/h2-10,14-16,18,20-21H,11H2,1H3/p+1/t14-,15+,16-,18-/m1/s1. The Labute approximate surface area is 166 Å². The summed E-state index contributed by atoms with van der Waals surface area (Å²) in [6, 6.07) is 12.2. The van der Waals surface area contributed by atoms with E-state index in [1.165, 1.54) is 29.1 Å². The second kappa shape index (κ2) is 9.10. The van der Waals surface area contributed by atoms with Gasteiger partial charge < -0.3 is 19.8 Å². The normalized spacial score (nSPS) is 26.1. The number of carbonyl (C=O) groups excluding carboxylic acids is 1. The zero-order valence-electron chi connectivity index (χ0n) is 15.4. The summed E-state index contributed by atoms with van der Waals surface area (Å²) in [4.78, 5) is 21.7. The molecule has 1 aliphatic rings. The van der Waals surface area contributed by atoms with E-state index in [0.717, 1.165) is 12.7 Å². The van der Waals surface area contributed by atoms with Gasteiger partial charge in [0.25, 0.3) is 6.23 Å². The molecule has 3 rings (SSSR count). The van der Waals surface area contributed by atoms with E-state index in [1.807, 2.05) is 30.3 Å². The van der Waals surface area contributed by atoms with Crippen LogP contribution in [0.3, 0.4) is 0 Å². The third-order valence-electron chi connectivity index (χ3n) is 4.23. The average molecular weight is 426 g/mol. The van der Waals surface area contributed by atoms with Gasteiger partial charge in [0.2, 0.25) is 6.29 Å². The minimum absolute atomic E-state index is 0.0918. The smallest absolute Gasteiger partial charge is 0.457 e. The third kappa shape index (κ3) is 5.26. The summed E-state index contributed by atoms with van der Waals surface area (Å²) in [5, 5.41) is 20.3. The molecule has 0 bridgehead atoms. The fourth-order valence-corrected chi connectivity index (χ4v) is 3.24. The van der Waals surface area contributed by atoms with Crippen LogP contribution in [0.5, 0.6) is 0 Å². The van der Waals surface area contributed by atoms with Gasteiger partial charge in [-0.3, -0.25) is 13.8 Å². The van der Waals surface area contributed by atoms with E-state index in [-0.39, 0.29) is 12.2 Å². The van der Waals surface area contributed by atoms with E-state index < -0.39 is 38.5 Å². The zero-order valence-corrected chi connectivity index (χ0v) is 16.3. The van der Waals surface area contributed by atoms with Gasteiger partial charge in [0.15, 0.2) is 18.5 Å². The Morgan fingerprint density at radius 1 is 1.17 bits per heavy atom. The van der Waals surface area contributed by atoms with Crippen LogP contribution in [0, 0.1) is 0 Å². The number of pyridine rings is 1. The lowest BCUT2D eigenvalue weighted by molar-refractivity contribution is -0.767. The molecule has 156 valence electrons. The summed E-state index contributed by atoms with van der Waals surface area (Å²) in [6.07, 6.45) is -3.02. The van der Waals surface area contributed by atoms with Crippen LogP contribution in [0.25, 0.3) is 0 Å². The Balaban J connectivity index is 1.70. The van der Waals surface area contributed by atoms with Crippen molar-refractivity contribution in [3.63, 3.8) is 0 Å². The number of hydrogen-bond acceptors (Lipinski definition) is 8. The van der Waals surface area contributed by atoms with Crippen LogP contribution in [0.15, 0.2) is 54.9 Å². The predicted octanol–water partition coefficient (Wildman–Crippen LogP) is 0.671. The van der Waals surface area contributed by atoms with Gasteiger partial charge in [-0.25, -0.2) is 9.36 Å². The molecule has 0 radical (unpaired) electrons. The molecule has 0 spiro atoms. The Hall–Kier alpha value is -2.17. The Bertz CT molecular complexity index is 894. The Kier molecular flexibility index (Phi) is 6.76. The summed E-state index contributed by atoms with van der Waals surface area (Å²) in [6.45, 7) is 0.0918. The molecule has 5 atom stereocenters. The van der Waals surface area contributed by atoms with Gasteiger partial charge >= 0.3 is 13.8 Å². The highest BCUT2D eigenvalue weighted by Gasteiger charge is 2.51. The molecular formula is C18H21NO9P+. The van der Waals surface area contributed by atoms with Crippen LogP contribution >= 0.6 is 7.82 Å². The molecule has 1 saturated heterocycles. The van der Waals surface area contributed by atoms with E-state index in [0.29, 0.717) is 0 Å². The molecule has 11 heteroatoms. The van der Waals surface area contributed by atoms with Crippen molar-refractivity contribution in [2.45, 2.75) is 31.3 Å². The second-order valence-electron chi connectivity index (χ2n) is 6.23. The number of aromatic nitrogens is 1. The number of rotatable bonds is 7. The van der Waals surface area contributed by atoms with Crippen molar-refractivity contribution >= 4 is 13.8 Å². The quantitative estimate of drug-likeness (QED) is 0.332. The van der Waals surface area contributed by atoms with Crippen LogP contribution in [0.2, 0.25) is 0 Å². The van der Waals surface area contributed by atoms with Crippen molar-refractivity contribution in [2.75, 3.05) is 7.11 Å². The van der Waals surface area contributed by atoms with Crippen LogP contribution in [0.1, 0.15) is 22.1 Å². The third-order valence-corrected chi connectivity index (χ3v) is 5.16. The van der Waals surface area contributed by atoms with Gasteiger partial charge in [-0.05, 0) is 11.6 Å². The van der Waals surface area contributed by atoms with Crippen LogP contribution < -0.4 is 4.57 Å². The van der Waals surface area contributed by atoms with Crippen LogP contribution in [-0.4, -0.2) is 46.7 Å². The molecular weight excluding hydrogens is 405 g/mol. The molecule has 0 amide bonds. The maximum atomic E-state index is 12.3.